The van der Waals surface area contributed by atoms with Gasteiger partial charge in [-0.3, -0.25) is 4.79 Å². The van der Waals surface area contributed by atoms with Crippen molar-refractivity contribution in [3.8, 4) is 11.1 Å². The predicted molar refractivity (Wildman–Crippen MR) is 102 cm³/mol. The Balaban J connectivity index is 1.82. The van der Waals surface area contributed by atoms with E-state index in [0.717, 1.165) is 29.5 Å². The van der Waals surface area contributed by atoms with E-state index in [9.17, 15) is 4.79 Å². The molecule has 3 rings (SSSR count). The molecule has 0 heterocycles. The average Bonchev–Trinajstić information content (AvgIpc) is 3.42. The lowest BCUT2D eigenvalue weighted by atomic mass is 9.97. The average molecular weight is 337 g/mol. The van der Waals surface area contributed by atoms with E-state index in [-0.39, 0.29) is 11.4 Å². The number of nitrogens with zero attached hydrogens (tertiary/aromatic N) is 1. The highest BCUT2D eigenvalue weighted by Crippen LogP contribution is 2.41. The minimum Gasteiger partial charge on any atom is -0.382 e. The maximum Gasteiger partial charge on any atom is 0.254 e. The van der Waals surface area contributed by atoms with Crippen LogP contribution < -0.4 is 0 Å². The van der Waals surface area contributed by atoms with Crippen molar-refractivity contribution in [2.75, 3.05) is 20.8 Å². The van der Waals surface area contributed by atoms with Crippen LogP contribution in [0.2, 0.25) is 0 Å². The van der Waals surface area contributed by atoms with Gasteiger partial charge < -0.3 is 9.64 Å². The lowest BCUT2D eigenvalue weighted by Crippen LogP contribution is -2.42. The van der Waals surface area contributed by atoms with Crippen LogP contribution in [0.3, 0.4) is 0 Å². The molecule has 132 valence electrons. The van der Waals surface area contributed by atoms with Gasteiger partial charge in [0.05, 0.1) is 12.1 Å². The molecule has 1 saturated carbocycles. The molecule has 2 aromatic rings. The number of carbonyl (C=O) groups excluding carboxylic acids is 1. The van der Waals surface area contributed by atoms with Gasteiger partial charge >= 0.3 is 0 Å². The molecule has 1 aliphatic rings. The summed E-state index contributed by atoms with van der Waals surface area (Å²) < 4.78 is 5.31. The van der Waals surface area contributed by atoms with Gasteiger partial charge in [0.15, 0.2) is 0 Å². The molecule has 1 amide bonds. The summed E-state index contributed by atoms with van der Waals surface area (Å²) in [5, 5.41) is 0. The molecule has 3 nitrogen and oxygen atoms in total. The monoisotopic (exact) mass is 337 g/mol. The zero-order valence-electron chi connectivity index (χ0n) is 15.6. The van der Waals surface area contributed by atoms with Crippen LogP contribution in [0.15, 0.2) is 48.5 Å². The third kappa shape index (κ3) is 3.62. The topological polar surface area (TPSA) is 29.5 Å². The maximum atomic E-state index is 12.9. The van der Waals surface area contributed by atoms with Crippen LogP contribution >= 0.6 is 0 Å². The fourth-order valence-corrected chi connectivity index (χ4v) is 3.29. The number of hydrogen-bond donors (Lipinski definition) is 0. The summed E-state index contributed by atoms with van der Waals surface area (Å²) in [5.74, 6) is 0.585. The molecule has 25 heavy (non-hydrogen) atoms. The number of rotatable bonds is 6. The van der Waals surface area contributed by atoms with Gasteiger partial charge in [0.2, 0.25) is 0 Å². The van der Waals surface area contributed by atoms with Gasteiger partial charge in [-0.1, -0.05) is 50.2 Å². The van der Waals surface area contributed by atoms with Crippen molar-refractivity contribution in [1.82, 2.24) is 4.90 Å². The number of methoxy groups -OCH3 is 1. The summed E-state index contributed by atoms with van der Waals surface area (Å²) >= 11 is 0. The first-order chi connectivity index (χ1) is 12.0. The Labute approximate surface area is 150 Å². The Morgan fingerprint density at radius 1 is 1.12 bits per heavy atom. The van der Waals surface area contributed by atoms with E-state index in [2.05, 4.69) is 44.2 Å². The summed E-state index contributed by atoms with van der Waals surface area (Å²) in [4.78, 5) is 14.8. The summed E-state index contributed by atoms with van der Waals surface area (Å²) in [6, 6.07) is 16.5. The van der Waals surface area contributed by atoms with Crippen molar-refractivity contribution in [1.29, 1.82) is 0 Å². The fourth-order valence-electron chi connectivity index (χ4n) is 3.29. The SMILES string of the molecule is COCC1(N(C)C(=O)c2cccc(-c3ccc(C(C)C)cc3)c2)CC1. The van der Waals surface area contributed by atoms with Gasteiger partial charge in [-0.05, 0) is 47.6 Å². The minimum absolute atomic E-state index is 0.0650. The van der Waals surface area contributed by atoms with Crippen molar-refractivity contribution in [2.24, 2.45) is 0 Å². The smallest absolute Gasteiger partial charge is 0.254 e. The van der Waals surface area contributed by atoms with Crippen LogP contribution in [0.5, 0.6) is 0 Å². The second-order valence-corrected chi connectivity index (χ2v) is 7.38. The van der Waals surface area contributed by atoms with E-state index < -0.39 is 0 Å². The van der Waals surface area contributed by atoms with Crippen molar-refractivity contribution in [3.05, 3.63) is 59.7 Å². The van der Waals surface area contributed by atoms with Crippen molar-refractivity contribution in [2.45, 2.75) is 38.1 Å². The summed E-state index contributed by atoms with van der Waals surface area (Å²) in [5.41, 5.74) is 4.16. The lowest BCUT2D eigenvalue weighted by molar-refractivity contribution is 0.0551. The zero-order valence-corrected chi connectivity index (χ0v) is 15.6. The summed E-state index contributed by atoms with van der Waals surface area (Å²) in [6.07, 6.45) is 2.03. The molecule has 0 atom stereocenters. The molecule has 0 aliphatic heterocycles. The predicted octanol–water partition coefficient (Wildman–Crippen LogP) is 4.73. The van der Waals surface area contributed by atoms with E-state index in [1.165, 1.54) is 5.56 Å². The third-order valence-electron chi connectivity index (χ3n) is 5.28. The quantitative estimate of drug-likeness (QED) is 0.763. The number of amides is 1. The Kier molecular flexibility index (Phi) is 4.96. The van der Waals surface area contributed by atoms with Crippen molar-refractivity contribution in [3.63, 3.8) is 0 Å². The molecule has 0 unspecified atom stereocenters. The van der Waals surface area contributed by atoms with Crippen LogP contribution in [-0.2, 0) is 4.74 Å². The Hall–Kier alpha value is -2.13. The van der Waals surface area contributed by atoms with Crippen LogP contribution in [0.25, 0.3) is 11.1 Å². The first kappa shape index (κ1) is 17.7. The highest BCUT2D eigenvalue weighted by Gasteiger charge is 2.48. The standard InChI is InChI=1S/C22H27NO2/c1-16(2)17-8-10-18(11-9-17)19-6-5-7-20(14-19)21(24)23(3)22(12-13-22)15-25-4/h5-11,14,16H,12-13,15H2,1-4H3. The molecule has 0 aromatic heterocycles. The number of likely N-dealkylation sites (N-methyl/N-ethyl adjacent to an activating group) is 1. The molecule has 3 heteroatoms. The zero-order chi connectivity index (χ0) is 18.0. The normalized spacial score (nSPS) is 15.2. The summed E-state index contributed by atoms with van der Waals surface area (Å²) in [7, 11) is 3.58. The van der Waals surface area contributed by atoms with E-state index in [4.69, 9.17) is 4.74 Å². The van der Waals surface area contributed by atoms with Gasteiger partial charge in [0.25, 0.3) is 5.91 Å². The minimum atomic E-state index is -0.110. The molecule has 0 radical (unpaired) electrons. The molecule has 2 aromatic carbocycles. The van der Waals surface area contributed by atoms with Crippen LogP contribution in [-0.4, -0.2) is 37.1 Å². The maximum absolute atomic E-state index is 12.9. The molecule has 1 aliphatic carbocycles. The van der Waals surface area contributed by atoms with Gasteiger partial charge in [-0.25, -0.2) is 0 Å². The van der Waals surface area contributed by atoms with Crippen LogP contribution in [0.4, 0.5) is 0 Å². The number of carbonyl (C=O) groups is 1. The molecule has 1 fully saturated rings. The van der Waals surface area contributed by atoms with Gasteiger partial charge in [-0.2, -0.15) is 0 Å². The third-order valence-corrected chi connectivity index (χ3v) is 5.28. The largest absolute Gasteiger partial charge is 0.382 e. The van der Waals surface area contributed by atoms with E-state index in [1.807, 2.05) is 30.1 Å². The Bertz CT molecular complexity index is 745. The van der Waals surface area contributed by atoms with Crippen molar-refractivity contribution < 1.29 is 9.53 Å². The van der Waals surface area contributed by atoms with E-state index >= 15 is 0 Å². The van der Waals surface area contributed by atoms with Crippen LogP contribution in [0.1, 0.15) is 48.5 Å². The van der Waals surface area contributed by atoms with Gasteiger partial charge in [-0.15, -0.1) is 0 Å². The highest BCUT2D eigenvalue weighted by atomic mass is 16.5. The van der Waals surface area contributed by atoms with Crippen molar-refractivity contribution >= 4 is 5.91 Å². The second kappa shape index (κ2) is 7.01. The van der Waals surface area contributed by atoms with Gasteiger partial charge in [0, 0.05) is 19.7 Å². The van der Waals surface area contributed by atoms with E-state index in [1.54, 1.807) is 7.11 Å². The first-order valence-corrected chi connectivity index (χ1v) is 8.94. The summed E-state index contributed by atoms with van der Waals surface area (Å²) in [6.45, 7) is 4.99. The molecule has 0 saturated heterocycles. The second-order valence-electron chi connectivity index (χ2n) is 7.38. The number of ether oxygens (including phenoxy) is 1. The molecular formula is C22H27NO2. The fraction of sp³-hybridized carbons (Fsp3) is 0.409. The van der Waals surface area contributed by atoms with Crippen LogP contribution in [0, 0.1) is 0 Å². The first-order valence-electron chi connectivity index (χ1n) is 8.94. The molecular weight excluding hydrogens is 310 g/mol. The number of hydrogen-bond acceptors (Lipinski definition) is 2. The Morgan fingerprint density at radius 2 is 1.80 bits per heavy atom. The lowest BCUT2D eigenvalue weighted by Gasteiger charge is -2.27. The van der Waals surface area contributed by atoms with Gasteiger partial charge in [0.1, 0.15) is 0 Å². The van der Waals surface area contributed by atoms with E-state index in [0.29, 0.717) is 12.5 Å². The Morgan fingerprint density at radius 3 is 2.36 bits per heavy atom. The molecule has 0 spiro atoms. The molecule has 0 bridgehead atoms. The highest BCUT2D eigenvalue weighted by molar-refractivity contribution is 5.96. The molecule has 0 N–H and O–H groups in total. The number of benzene rings is 2.